The number of amides is 1. The minimum absolute atomic E-state index is 0.0317. The van der Waals surface area contributed by atoms with Crippen LogP contribution in [-0.4, -0.2) is 61.4 Å². The van der Waals surface area contributed by atoms with Crippen molar-refractivity contribution in [2.75, 3.05) is 20.1 Å². The molecule has 0 radical (unpaired) electrons. The maximum Gasteiger partial charge on any atom is 0.272 e. The van der Waals surface area contributed by atoms with Gasteiger partial charge in [0.25, 0.3) is 5.91 Å². The molecule has 0 saturated carbocycles. The van der Waals surface area contributed by atoms with Crippen molar-refractivity contribution in [1.82, 2.24) is 29.4 Å². The van der Waals surface area contributed by atoms with Crippen LogP contribution in [0, 0.1) is 19.8 Å². The first kappa shape index (κ1) is 24.5. The molecule has 1 aromatic carbocycles. The van der Waals surface area contributed by atoms with Crippen molar-refractivity contribution in [2.45, 2.75) is 45.7 Å². The minimum atomic E-state index is 0.0317. The lowest BCUT2D eigenvalue weighted by atomic mass is 9.84. The number of likely N-dealkylation sites (N-methyl/N-ethyl adjacent to an activating group) is 1. The lowest BCUT2D eigenvalue weighted by Crippen LogP contribution is -2.47. The molecule has 4 rings (SSSR count). The number of carbonyl (C=O) groups is 1. The number of benzene rings is 1. The van der Waals surface area contributed by atoms with Gasteiger partial charge >= 0.3 is 0 Å². The van der Waals surface area contributed by atoms with Crippen molar-refractivity contribution in [1.29, 1.82) is 0 Å². The van der Waals surface area contributed by atoms with Gasteiger partial charge in [-0.05, 0) is 63.7 Å². The van der Waals surface area contributed by atoms with Crippen LogP contribution in [0.3, 0.4) is 0 Å². The average molecular weight is 483 g/mol. The Bertz CT molecular complexity index is 1130. The third-order valence-electron chi connectivity index (χ3n) is 7.15. The number of piperidine rings is 1. The smallest absolute Gasteiger partial charge is 0.272 e. The van der Waals surface area contributed by atoms with Gasteiger partial charge in [0.2, 0.25) is 0 Å². The van der Waals surface area contributed by atoms with E-state index in [1.165, 1.54) is 5.56 Å². The Morgan fingerprint density at radius 3 is 2.35 bits per heavy atom. The summed E-state index contributed by atoms with van der Waals surface area (Å²) in [6.07, 6.45) is 2.92. The summed E-state index contributed by atoms with van der Waals surface area (Å²) in [5, 5.41) is 9.55. The predicted molar refractivity (Wildman–Crippen MR) is 135 cm³/mol. The standard InChI is InChI=1S/C26H35ClN6O/c1-18-15-24(31(4)28-18)26(34)30(3)23(16-20-9-7-6-8-10-20)21-11-13-33(14-12-21)17-22-19(2)29-32(5)25(22)27/h6-10,15,21,23H,11-14,16-17H2,1-5H3/t23-/m0/s1. The first-order valence-corrected chi connectivity index (χ1v) is 12.3. The number of rotatable bonds is 7. The summed E-state index contributed by atoms with van der Waals surface area (Å²) >= 11 is 6.47. The summed E-state index contributed by atoms with van der Waals surface area (Å²) in [7, 11) is 5.67. The third kappa shape index (κ3) is 5.20. The van der Waals surface area contributed by atoms with Gasteiger partial charge in [-0.25, -0.2) is 0 Å². The number of nitrogens with zero attached hydrogens (tertiary/aromatic N) is 6. The quantitative estimate of drug-likeness (QED) is 0.510. The molecule has 0 unspecified atom stereocenters. The fourth-order valence-corrected chi connectivity index (χ4v) is 5.42. The summed E-state index contributed by atoms with van der Waals surface area (Å²) in [6, 6.07) is 12.5. The van der Waals surface area contributed by atoms with E-state index >= 15 is 0 Å². The van der Waals surface area contributed by atoms with E-state index in [4.69, 9.17) is 11.6 Å². The van der Waals surface area contributed by atoms with Gasteiger partial charge in [0.1, 0.15) is 10.8 Å². The highest BCUT2D eigenvalue weighted by molar-refractivity contribution is 6.30. The molecule has 0 N–H and O–H groups in total. The minimum Gasteiger partial charge on any atom is -0.337 e. The van der Waals surface area contributed by atoms with E-state index in [1.54, 1.807) is 9.36 Å². The van der Waals surface area contributed by atoms with Crippen LogP contribution in [-0.2, 0) is 27.1 Å². The second-order valence-electron chi connectivity index (χ2n) is 9.56. The normalized spacial score (nSPS) is 16.1. The molecular formula is C26H35ClN6O. The van der Waals surface area contributed by atoms with Crippen LogP contribution < -0.4 is 0 Å². The molecule has 8 heteroatoms. The molecular weight excluding hydrogens is 448 g/mol. The van der Waals surface area contributed by atoms with E-state index in [2.05, 4.69) is 39.4 Å². The van der Waals surface area contributed by atoms with Crippen molar-refractivity contribution in [3.63, 3.8) is 0 Å². The molecule has 0 spiro atoms. The summed E-state index contributed by atoms with van der Waals surface area (Å²) in [6.45, 7) is 6.72. The van der Waals surface area contributed by atoms with E-state index in [0.717, 1.165) is 61.0 Å². The third-order valence-corrected chi connectivity index (χ3v) is 7.63. The lowest BCUT2D eigenvalue weighted by molar-refractivity contribution is 0.0574. The highest BCUT2D eigenvalue weighted by atomic mass is 35.5. The molecule has 2 aromatic heterocycles. The number of carbonyl (C=O) groups excluding carboxylic acids is 1. The maximum atomic E-state index is 13.5. The van der Waals surface area contributed by atoms with Crippen LogP contribution in [0.15, 0.2) is 36.4 Å². The van der Waals surface area contributed by atoms with E-state index in [-0.39, 0.29) is 11.9 Å². The first-order valence-electron chi connectivity index (χ1n) is 12.0. The van der Waals surface area contributed by atoms with Crippen LogP contribution in [0.1, 0.15) is 45.8 Å². The fraction of sp³-hybridized carbons (Fsp3) is 0.500. The van der Waals surface area contributed by atoms with Crippen molar-refractivity contribution >= 4 is 17.5 Å². The van der Waals surface area contributed by atoms with Gasteiger partial charge in [-0.15, -0.1) is 0 Å². The predicted octanol–water partition coefficient (Wildman–Crippen LogP) is 4.02. The zero-order valence-electron chi connectivity index (χ0n) is 20.8. The van der Waals surface area contributed by atoms with Gasteiger partial charge in [-0.2, -0.15) is 10.2 Å². The van der Waals surface area contributed by atoms with E-state index in [0.29, 0.717) is 11.6 Å². The summed E-state index contributed by atoms with van der Waals surface area (Å²) in [5.41, 5.74) is 4.86. The maximum absolute atomic E-state index is 13.5. The first-order chi connectivity index (χ1) is 16.2. The van der Waals surface area contributed by atoms with E-state index in [1.807, 2.05) is 52.0 Å². The Kier molecular flexibility index (Phi) is 7.43. The zero-order valence-corrected chi connectivity index (χ0v) is 21.6. The van der Waals surface area contributed by atoms with Crippen molar-refractivity contribution in [3.05, 3.63) is 69.8 Å². The number of hydrogen-bond acceptors (Lipinski definition) is 4. The van der Waals surface area contributed by atoms with Crippen molar-refractivity contribution < 1.29 is 4.79 Å². The molecule has 182 valence electrons. The fourth-order valence-electron chi connectivity index (χ4n) is 5.19. The van der Waals surface area contributed by atoms with Crippen LogP contribution in [0.5, 0.6) is 0 Å². The number of halogens is 1. The van der Waals surface area contributed by atoms with Crippen LogP contribution in [0.25, 0.3) is 0 Å². The Morgan fingerprint density at radius 1 is 1.12 bits per heavy atom. The largest absolute Gasteiger partial charge is 0.337 e. The van der Waals surface area contributed by atoms with Crippen LogP contribution >= 0.6 is 11.6 Å². The molecule has 1 aliphatic rings. The Balaban J connectivity index is 1.49. The van der Waals surface area contributed by atoms with E-state index < -0.39 is 0 Å². The summed E-state index contributed by atoms with van der Waals surface area (Å²) in [5.74, 6) is 0.453. The van der Waals surface area contributed by atoms with Crippen LogP contribution in [0.4, 0.5) is 0 Å². The molecule has 7 nitrogen and oxygen atoms in total. The second-order valence-corrected chi connectivity index (χ2v) is 9.92. The highest BCUT2D eigenvalue weighted by Gasteiger charge is 2.33. The molecule has 3 heterocycles. The monoisotopic (exact) mass is 482 g/mol. The number of aryl methyl sites for hydroxylation is 4. The number of aromatic nitrogens is 4. The van der Waals surface area contributed by atoms with Gasteiger partial charge in [0.15, 0.2) is 0 Å². The molecule has 0 bridgehead atoms. The van der Waals surface area contributed by atoms with Gasteiger partial charge < -0.3 is 4.90 Å². The topological polar surface area (TPSA) is 59.2 Å². The molecule has 34 heavy (non-hydrogen) atoms. The molecule has 1 amide bonds. The van der Waals surface area contributed by atoms with Gasteiger partial charge in [-0.3, -0.25) is 19.1 Å². The highest BCUT2D eigenvalue weighted by Crippen LogP contribution is 2.29. The summed E-state index contributed by atoms with van der Waals surface area (Å²) in [4.78, 5) is 17.9. The van der Waals surface area contributed by atoms with Crippen molar-refractivity contribution in [2.24, 2.45) is 20.0 Å². The molecule has 3 aromatic rings. The number of hydrogen-bond donors (Lipinski definition) is 0. The average Bonchev–Trinajstić information content (AvgIpc) is 3.29. The SMILES string of the molecule is Cc1cc(C(=O)N(C)[C@@H](Cc2ccccc2)C2CCN(Cc3c(C)nn(C)c3Cl)CC2)n(C)n1. The van der Waals surface area contributed by atoms with Gasteiger partial charge in [-0.1, -0.05) is 41.9 Å². The second kappa shape index (κ2) is 10.3. The molecule has 1 fully saturated rings. The molecule has 1 atom stereocenters. The Labute approximate surface area is 207 Å². The molecule has 1 aliphatic heterocycles. The van der Waals surface area contributed by atoms with Crippen molar-refractivity contribution in [3.8, 4) is 0 Å². The van der Waals surface area contributed by atoms with E-state index in [9.17, 15) is 4.79 Å². The van der Waals surface area contributed by atoms with Gasteiger partial charge in [0.05, 0.1) is 11.4 Å². The van der Waals surface area contributed by atoms with Crippen LogP contribution in [0.2, 0.25) is 5.15 Å². The molecule has 0 aliphatic carbocycles. The summed E-state index contributed by atoms with van der Waals surface area (Å²) < 4.78 is 3.44. The number of likely N-dealkylation sites (tertiary alicyclic amines) is 1. The lowest BCUT2D eigenvalue weighted by Gasteiger charge is -2.40. The Morgan fingerprint density at radius 2 is 1.79 bits per heavy atom. The molecule has 1 saturated heterocycles. The zero-order chi connectivity index (χ0) is 24.4. The Hall–Kier alpha value is -2.64. The van der Waals surface area contributed by atoms with Gasteiger partial charge in [0, 0.05) is 39.3 Å².